The number of benzene rings is 1. The number of sulfone groups is 1. The Morgan fingerprint density at radius 3 is 2.32 bits per heavy atom. The summed E-state index contributed by atoms with van der Waals surface area (Å²) in [5.41, 5.74) is -0.892. The van der Waals surface area contributed by atoms with Crippen LogP contribution in [0.25, 0.3) is 0 Å². The highest BCUT2D eigenvalue weighted by Gasteiger charge is 2.50. The number of amides is 1. The molecule has 1 saturated heterocycles. The summed E-state index contributed by atoms with van der Waals surface area (Å²) in [6.45, 7) is 0.427. The van der Waals surface area contributed by atoms with Gasteiger partial charge in [0.15, 0.2) is 14.6 Å². The minimum Gasteiger partial charge on any atom is -0.340 e. The van der Waals surface area contributed by atoms with Crippen LogP contribution in [0.5, 0.6) is 0 Å². The molecule has 0 saturated carbocycles. The largest absolute Gasteiger partial charge is 0.416 e. The van der Waals surface area contributed by atoms with Gasteiger partial charge in [0.2, 0.25) is 5.91 Å². The molecule has 0 aliphatic carbocycles. The number of rotatable bonds is 4. The van der Waals surface area contributed by atoms with Crippen molar-refractivity contribution in [2.45, 2.75) is 30.3 Å². The summed E-state index contributed by atoms with van der Waals surface area (Å²) in [5.74, 6) is -0.659. The Bertz CT molecular complexity index is 741. The van der Waals surface area contributed by atoms with Crippen molar-refractivity contribution in [2.75, 3.05) is 26.4 Å². The monoisotopic (exact) mass is 378 g/mol. The summed E-state index contributed by atoms with van der Waals surface area (Å²) >= 11 is 0. The fourth-order valence-electron chi connectivity index (χ4n) is 3.18. The number of hydrogen-bond donors (Lipinski definition) is 1. The zero-order valence-corrected chi connectivity index (χ0v) is 14.9. The van der Waals surface area contributed by atoms with Gasteiger partial charge in [0.05, 0.1) is 5.56 Å². The number of piperidine rings is 1. The quantitative estimate of drug-likeness (QED) is 0.868. The molecule has 1 fully saturated rings. The van der Waals surface area contributed by atoms with E-state index in [1.807, 2.05) is 0 Å². The number of halogens is 3. The Morgan fingerprint density at radius 2 is 1.80 bits per heavy atom. The Kier molecular flexibility index (Phi) is 5.48. The molecular weight excluding hydrogens is 357 g/mol. The van der Waals surface area contributed by atoms with E-state index in [0.29, 0.717) is 13.1 Å². The van der Waals surface area contributed by atoms with E-state index in [4.69, 9.17) is 0 Å². The van der Waals surface area contributed by atoms with Crippen LogP contribution < -0.4 is 5.32 Å². The second-order valence-electron chi connectivity index (χ2n) is 6.33. The number of carbonyl (C=O) groups is 1. The molecular formula is C16H21F3N2O3S. The summed E-state index contributed by atoms with van der Waals surface area (Å²) in [5, 5.41) is 3.00. The van der Waals surface area contributed by atoms with Gasteiger partial charge in [-0.15, -0.1) is 0 Å². The van der Waals surface area contributed by atoms with Crippen molar-refractivity contribution in [1.29, 1.82) is 0 Å². The van der Waals surface area contributed by atoms with E-state index in [0.717, 1.165) is 17.2 Å². The van der Waals surface area contributed by atoms with Gasteiger partial charge in [-0.1, -0.05) is 18.2 Å². The second kappa shape index (κ2) is 6.95. The smallest absolute Gasteiger partial charge is 0.340 e. The predicted molar refractivity (Wildman–Crippen MR) is 87.6 cm³/mol. The normalized spacial score (nSPS) is 18.0. The van der Waals surface area contributed by atoms with Crippen molar-refractivity contribution in [3.63, 3.8) is 0 Å². The minimum atomic E-state index is -4.54. The molecule has 0 atom stereocenters. The lowest BCUT2D eigenvalue weighted by molar-refractivity contribution is -0.140. The van der Waals surface area contributed by atoms with Crippen LogP contribution in [0.15, 0.2) is 24.3 Å². The average molecular weight is 378 g/mol. The summed E-state index contributed by atoms with van der Waals surface area (Å²) in [4.78, 5) is 14.0. The van der Waals surface area contributed by atoms with Crippen molar-refractivity contribution in [3.8, 4) is 0 Å². The van der Waals surface area contributed by atoms with Gasteiger partial charge in [-0.3, -0.25) is 4.79 Å². The van der Waals surface area contributed by atoms with Crippen LogP contribution in [-0.2, 0) is 27.4 Å². The molecule has 1 aromatic rings. The lowest BCUT2D eigenvalue weighted by Gasteiger charge is -2.37. The molecule has 1 aliphatic heterocycles. The summed E-state index contributed by atoms with van der Waals surface area (Å²) < 4.78 is 62.3. The van der Waals surface area contributed by atoms with E-state index >= 15 is 0 Å². The first-order chi connectivity index (χ1) is 11.5. The first kappa shape index (κ1) is 19.7. The van der Waals surface area contributed by atoms with Gasteiger partial charge in [0.1, 0.15) is 0 Å². The number of hydrogen-bond acceptors (Lipinski definition) is 4. The molecule has 0 unspecified atom stereocenters. The highest BCUT2D eigenvalue weighted by Crippen LogP contribution is 2.34. The fourth-order valence-corrected chi connectivity index (χ4v) is 4.60. The van der Waals surface area contributed by atoms with Crippen LogP contribution >= 0.6 is 0 Å². The van der Waals surface area contributed by atoms with E-state index in [2.05, 4.69) is 5.32 Å². The molecule has 1 amide bonds. The van der Waals surface area contributed by atoms with Gasteiger partial charge in [-0.25, -0.2) is 8.42 Å². The Labute approximate surface area is 145 Å². The Morgan fingerprint density at radius 1 is 1.24 bits per heavy atom. The fraction of sp³-hybridized carbons (Fsp3) is 0.562. The Hall–Kier alpha value is -1.61. The van der Waals surface area contributed by atoms with Gasteiger partial charge in [-0.2, -0.15) is 13.2 Å². The zero-order chi connectivity index (χ0) is 18.9. The molecule has 25 heavy (non-hydrogen) atoms. The summed E-state index contributed by atoms with van der Waals surface area (Å²) in [7, 11) is -2.38. The molecule has 1 N–H and O–H groups in total. The van der Waals surface area contributed by atoms with Gasteiger partial charge < -0.3 is 10.2 Å². The van der Waals surface area contributed by atoms with Crippen molar-refractivity contribution in [3.05, 3.63) is 35.4 Å². The number of alkyl halides is 3. The van der Waals surface area contributed by atoms with E-state index in [1.54, 1.807) is 0 Å². The lowest BCUT2D eigenvalue weighted by Crippen LogP contribution is -2.57. The third kappa shape index (κ3) is 3.98. The first-order valence-electron chi connectivity index (χ1n) is 7.80. The van der Waals surface area contributed by atoms with E-state index < -0.39 is 32.2 Å². The van der Waals surface area contributed by atoms with Crippen molar-refractivity contribution < 1.29 is 26.4 Å². The van der Waals surface area contributed by atoms with Gasteiger partial charge >= 0.3 is 6.18 Å². The third-order valence-electron chi connectivity index (χ3n) is 4.59. The maximum atomic E-state index is 13.1. The molecule has 2 rings (SSSR count). The van der Waals surface area contributed by atoms with Crippen LogP contribution in [0.3, 0.4) is 0 Å². The third-order valence-corrected chi connectivity index (χ3v) is 6.59. The van der Waals surface area contributed by atoms with Crippen molar-refractivity contribution in [1.82, 2.24) is 10.2 Å². The minimum absolute atomic E-state index is 0.0663. The molecule has 140 valence electrons. The number of carbonyl (C=O) groups excluding carboxylic acids is 1. The van der Waals surface area contributed by atoms with Crippen molar-refractivity contribution >= 4 is 15.7 Å². The molecule has 0 bridgehead atoms. The molecule has 0 aromatic heterocycles. The number of nitrogens with zero attached hydrogens (tertiary/aromatic N) is 1. The van der Waals surface area contributed by atoms with Crippen molar-refractivity contribution in [2.24, 2.45) is 0 Å². The molecule has 1 aromatic carbocycles. The molecule has 1 heterocycles. The highest BCUT2D eigenvalue weighted by atomic mass is 32.2. The predicted octanol–water partition coefficient (Wildman–Crippen LogP) is 1.83. The zero-order valence-electron chi connectivity index (χ0n) is 14.1. The lowest BCUT2D eigenvalue weighted by atomic mass is 9.95. The highest BCUT2D eigenvalue weighted by molar-refractivity contribution is 7.92. The number of nitrogens with one attached hydrogen (secondary N) is 1. The summed E-state index contributed by atoms with van der Waals surface area (Å²) in [6, 6.07) is 4.98. The standard InChI is InChI=1S/C16H21F3N2O3S/c1-21(11-12-5-3-4-6-13(12)16(17,18)19)14(22)15(25(2,23)24)7-9-20-10-8-15/h3-6,20H,7-11H2,1-2H3. The van der Waals surface area contributed by atoms with Crippen LogP contribution in [-0.4, -0.2) is 50.4 Å². The van der Waals surface area contributed by atoms with Crippen LogP contribution in [0.2, 0.25) is 0 Å². The van der Waals surface area contributed by atoms with Gasteiger partial charge in [-0.05, 0) is 37.6 Å². The van der Waals surface area contributed by atoms with E-state index in [1.165, 1.54) is 25.2 Å². The molecule has 0 radical (unpaired) electrons. The topological polar surface area (TPSA) is 66.5 Å². The van der Waals surface area contributed by atoms with Crippen LogP contribution in [0.1, 0.15) is 24.0 Å². The van der Waals surface area contributed by atoms with E-state index in [-0.39, 0.29) is 24.9 Å². The SMILES string of the molecule is CN(Cc1ccccc1C(F)(F)F)C(=O)C1(S(C)(=O)=O)CCNCC1. The first-order valence-corrected chi connectivity index (χ1v) is 9.69. The second-order valence-corrected chi connectivity index (χ2v) is 8.66. The molecule has 0 spiro atoms. The van der Waals surface area contributed by atoms with Crippen LogP contribution in [0.4, 0.5) is 13.2 Å². The maximum absolute atomic E-state index is 13.1. The van der Waals surface area contributed by atoms with Crippen LogP contribution in [0, 0.1) is 0 Å². The summed E-state index contributed by atoms with van der Waals surface area (Å²) in [6.07, 6.45) is -3.32. The molecule has 9 heteroatoms. The van der Waals surface area contributed by atoms with Gasteiger partial charge in [0, 0.05) is 19.8 Å². The maximum Gasteiger partial charge on any atom is 0.416 e. The average Bonchev–Trinajstić information content (AvgIpc) is 2.53. The van der Waals surface area contributed by atoms with Gasteiger partial charge in [0.25, 0.3) is 0 Å². The Balaban J connectivity index is 2.32. The molecule has 5 nitrogen and oxygen atoms in total. The molecule has 1 aliphatic rings. The van der Waals surface area contributed by atoms with E-state index in [9.17, 15) is 26.4 Å².